The predicted molar refractivity (Wildman–Crippen MR) is 131 cm³/mol. The van der Waals surface area contributed by atoms with E-state index in [1.54, 1.807) is 51.1 Å². The van der Waals surface area contributed by atoms with Crippen molar-refractivity contribution < 1.29 is 23.5 Å². The number of fused-ring (bicyclic) bond motifs is 1. The van der Waals surface area contributed by atoms with Crippen molar-refractivity contribution in [1.82, 2.24) is 5.32 Å². The highest BCUT2D eigenvalue weighted by Gasteiger charge is 2.30. The van der Waals surface area contributed by atoms with Gasteiger partial charge in [-0.15, -0.1) is 0 Å². The van der Waals surface area contributed by atoms with Crippen molar-refractivity contribution in [1.29, 1.82) is 0 Å². The molecule has 0 spiro atoms. The number of hydrogen-bond acceptors (Lipinski definition) is 6. The van der Waals surface area contributed by atoms with Crippen LogP contribution in [0, 0.1) is 5.92 Å². The highest BCUT2D eigenvalue weighted by Crippen LogP contribution is 2.25. The summed E-state index contributed by atoms with van der Waals surface area (Å²) in [6, 6.07) is 10.5. The SMILES string of the molecule is CC[C@@H](C)[C@H](NC(=O)OC(C)(C)C)C(=O)Oc1ccc2c(=O)c(-c3ccc(Cl)cc3)coc2c1. The minimum Gasteiger partial charge on any atom is -0.463 e. The first-order chi connectivity index (χ1) is 16.0. The number of esters is 1. The molecule has 0 unspecified atom stereocenters. The third-order valence-corrected chi connectivity index (χ3v) is 5.51. The van der Waals surface area contributed by atoms with Crippen molar-refractivity contribution in [3.63, 3.8) is 0 Å². The van der Waals surface area contributed by atoms with Gasteiger partial charge in [-0.25, -0.2) is 9.59 Å². The van der Waals surface area contributed by atoms with Crippen LogP contribution < -0.4 is 15.5 Å². The van der Waals surface area contributed by atoms with Gasteiger partial charge >= 0.3 is 12.1 Å². The van der Waals surface area contributed by atoms with Crippen molar-refractivity contribution in [2.75, 3.05) is 0 Å². The number of ether oxygens (including phenoxy) is 2. The maximum atomic E-state index is 13.0. The topological polar surface area (TPSA) is 94.8 Å². The van der Waals surface area contributed by atoms with Crippen molar-refractivity contribution in [2.24, 2.45) is 5.92 Å². The Morgan fingerprint density at radius 3 is 2.41 bits per heavy atom. The van der Waals surface area contributed by atoms with E-state index in [2.05, 4.69) is 5.32 Å². The lowest BCUT2D eigenvalue weighted by Crippen LogP contribution is -2.48. The van der Waals surface area contributed by atoms with Gasteiger partial charge < -0.3 is 19.2 Å². The monoisotopic (exact) mass is 485 g/mol. The average molecular weight is 486 g/mol. The van der Waals surface area contributed by atoms with Gasteiger partial charge in [0, 0.05) is 11.1 Å². The number of carbonyl (C=O) groups excluding carboxylic acids is 2. The molecule has 0 radical (unpaired) electrons. The molecule has 8 heteroatoms. The van der Waals surface area contributed by atoms with Gasteiger partial charge in [-0.2, -0.15) is 0 Å². The molecule has 0 aliphatic carbocycles. The summed E-state index contributed by atoms with van der Waals surface area (Å²) >= 11 is 5.93. The first-order valence-corrected chi connectivity index (χ1v) is 11.4. The first kappa shape index (κ1) is 25.3. The van der Waals surface area contributed by atoms with Crippen molar-refractivity contribution in [2.45, 2.75) is 52.7 Å². The molecule has 180 valence electrons. The molecule has 1 aromatic heterocycles. The molecule has 0 saturated carbocycles. The quantitative estimate of drug-likeness (QED) is 0.342. The van der Waals surface area contributed by atoms with Crippen LogP contribution in [0.15, 0.2) is 57.9 Å². The Balaban J connectivity index is 1.83. The zero-order valence-electron chi connectivity index (χ0n) is 19.8. The maximum Gasteiger partial charge on any atom is 0.408 e. The van der Waals surface area contributed by atoms with E-state index in [-0.39, 0.29) is 22.7 Å². The van der Waals surface area contributed by atoms with Gasteiger partial charge in [0.2, 0.25) is 0 Å². The lowest BCUT2D eigenvalue weighted by molar-refractivity contribution is -0.138. The Kier molecular flexibility index (Phi) is 7.67. The summed E-state index contributed by atoms with van der Waals surface area (Å²) in [4.78, 5) is 38.1. The van der Waals surface area contributed by atoms with E-state index < -0.39 is 23.7 Å². The molecule has 34 heavy (non-hydrogen) atoms. The molecule has 0 bridgehead atoms. The third-order valence-electron chi connectivity index (χ3n) is 5.26. The molecule has 2 aromatic carbocycles. The van der Waals surface area contributed by atoms with Crippen LogP contribution in [0.2, 0.25) is 5.02 Å². The van der Waals surface area contributed by atoms with E-state index in [1.807, 2.05) is 13.8 Å². The normalized spacial score (nSPS) is 13.2. The summed E-state index contributed by atoms with van der Waals surface area (Å²) in [5, 5.41) is 3.51. The molecule has 0 saturated heterocycles. The molecule has 3 rings (SSSR count). The molecule has 3 aromatic rings. The van der Waals surface area contributed by atoms with Crippen LogP contribution in [0.4, 0.5) is 4.79 Å². The average Bonchev–Trinajstić information content (AvgIpc) is 2.76. The second-order valence-electron chi connectivity index (χ2n) is 9.07. The minimum atomic E-state index is -0.908. The largest absolute Gasteiger partial charge is 0.463 e. The Morgan fingerprint density at radius 2 is 1.79 bits per heavy atom. The van der Waals surface area contributed by atoms with Gasteiger partial charge in [0.1, 0.15) is 29.2 Å². The number of carbonyl (C=O) groups is 2. The van der Waals surface area contributed by atoms with E-state index in [0.717, 1.165) is 0 Å². The van der Waals surface area contributed by atoms with E-state index >= 15 is 0 Å². The lowest BCUT2D eigenvalue weighted by Gasteiger charge is -2.25. The van der Waals surface area contributed by atoms with Crippen LogP contribution >= 0.6 is 11.6 Å². The second-order valence-corrected chi connectivity index (χ2v) is 9.51. The highest BCUT2D eigenvalue weighted by molar-refractivity contribution is 6.30. The molecule has 1 heterocycles. The van der Waals surface area contributed by atoms with Gasteiger partial charge in [-0.3, -0.25) is 4.79 Å². The zero-order valence-corrected chi connectivity index (χ0v) is 20.6. The predicted octanol–water partition coefficient (Wildman–Crippen LogP) is 5.96. The summed E-state index contributed by atoms with van der Waals surface area (Å²) < 4.78 is 16.5. The van der Waals surface area contributed by atoms with Crippen LogP contribution in [0.25, 0.3) is 22.1 Å². The van der Waals surface area contributed by atoms with Crippen LogP contribution in [-0.2, 0) is 9.53 Å². The number of amides is 1. The summed E-state index contributed by atoms with van der Waals surface area (Å²) in [6.45, 7) is 8.96. The van der Waals surface area contributed by atoms with Crippen LogP contribution in [0.5, 0.6) is 5.75 Å². The minimum absolute atomic E-state index is 0.194. The van der Waals surface area contributed by atoms with Gasteiger partial charge in [-0.1, -0.05) is 44.0 Å². The van der Waals surface area contributed by atoms with Gasteiger partial charge in [0.05, 0.1) is 10.9 Å². The molecular formula is C26H28ClNO6. The van der Waals surface area contributed by atoms with Crippen molar-refractivity contribution in [3.8, 4) is 16.9 Å². The molecule has 0 fully saturated rings. The van der Waals surface area contributed by atoms with Crippen molar-refractivity contribution in [3.05, 3.63) is 64.0 Å². The fraction of sp³-hybridized carbons (Fsp3) is 0.346. The van der Waals surface area contributed by atoms with Crippen molar-refractivity contribution >= 4 is 34.6 Å². The zero-order chi connectivity index (χ0) is 25.0. The first-order valence-electron chi connectivity index (χ1n) is 11.0. The third kappa shape index (κ3) is 6.17. The summed E-state index contributed by atoms with van der Waals surface area (Å²) in [7, 11) is 0. The fourth-order valence-corrected chi connectivity index (χ4v) is 3.41. The number of hydrogen-bond donors (Lipinski definition) is 1. The number of alkyl carbamates (subject to hydrolysis) is 1. The number of halogens is 1. The molecule has 1 amide bonds. The van der Waals surface area contributed by atoms with E-state index in [1.165, 1.54) is 18.4 Å². The lowest BCUT2D eigenvalue weighted by atomic mass is 9.99. The number of benzene rings is 2. The molecule has 1 N–H and O–H groups in total. The van der Waals surface area contributed by atoms with Gasteiger partial charge in [0.25, 0.3) is 0 Å². The standard InChI is InChI=1S/C26H28ClNO6/c1-6-15(2)22(28-25(31)34-26(3,4)5)24(30)33-18-11-12-19-21(13-18)32-14-20(23(19)29)16-7-9-17(27)10-8-16/h7-15,22H,6H2,1-5H3,(H,28,31)/t15-,22+/m1/s1. The molecule has 7 nitrogen and oxygen atoms in total. The molecule has 0 aliphatic heterocycles. The van der Waals surface area contributed by atoms with E-state index in [0.29, 0.717) is 28.0 Å². The second kappa shape index (κ2) is 10.3. The molecule has 2 atom stereocenters. The Hall–Kier alpha value is -3.32. The summed E-state index contributed by atoms with van der Waals surface area (Å²) in [5.41, 5.74) is 0.431. The maximum absolute atomic E-state index is 13.0. The number of nitrogens with one attached hydrogen (secondary N) is 1. The van der Waals surface area contributed by atoms with Gasteiger partial charge in [0.15, 0.2) is 5.43 Å². The Labute approximate surface area is 203 Å². The van der Waals surface area contributed by atoms with Crippen LogP contribution in [0.3, 0.4) is 0 Å². The Bertz CT molecular complexity index is 1240. The highest BCUT2D eigenvalue weighted by atomic mass is 35.5. The van der Waals surface area contributed by atoms with Crippen LogP contribution in [-0.4, -0.2) is 23.7 Å². The summed E-state index contributed by atoms with van der Waals surface area (Å²) in [6.07, 6.45) is 1.30. The smallest absolute Gasteiger partial charge is 0.408 e. The fourth-order valence-electron chi connectivity index (χ4n) is 3.28. The van der Waals surface area contributed by atoms with Crippen LogP contribution in [0.1, 0.15) is 41.0 Å². The molecular weight excluding hydrogens is 458 g/mol. The van der Waals surface area contributed by atoms with E-state index in [9.17, 15) is 14.4 Å². The Morgan fingerprint density at radius 1 is 1.12 bits per heavy atom. The summed E-state index contributed by atoms with van der Waals surface area (Å²) in [5.74, 6) is -0.640. The van der Waals surface area contributed by atoms with E-state index in [4.69, 9.17) is 25.5 Å². The number of rotatable bonds is 6. The van der Waals surface area contributed by atoms with Gasteiger partial charge in [-0.05, 0) is 56.5 Å². The molecule has 0 aliphatic rings.